The molecule has 0 aromatic heterocycles. The molecule has 20 heavy (non-hydrogen) atoms. The smallest absolute Gasteiger partial charge is 0.0953 e. The topological polar surface area (TPSA) is 21.3 Å². The van der Waals surface area contributed by atoms with Gasteiger partial charge in [-0.1, -0.05) is 44.5 Å². The van der Waals surface area contributed by atoms with Gasteiger partial charge in [0.25, 0.3) is 0 Å². The second kappa shape index (κ2) is 9.38. The average Bonchev–Trinajstić information content (AvgIpc) is 2.37. The van der Waals surface area contributed by atoms with Gasteiger partial charge in [-0.05, 0) is 49.9 Å². The van der Waals surface area contributed by atoms with E-state index < -0.39 is 0 Å². The number of hydrogen-bond donors (Lipinski definition) is 1. The highest BCUT2D eigenvalue weighted by Crippen LogP contribution is 2.23. The molecular weight excluding hydrogens is 270 g/mol. The van der Waals surface area contributed by atoms with Crippen LogP contribution in [0.25, 0.3) is 0 Å². The Labute approximate surface area is 128 Å². The van der Waals surface area contributed by atoms with Gasteiger partial charge in [-0.25, -0.2) is 0 Å². The Morgan fingerprint density at radius 1 is 1.25 bits per heavy atom. The fourth-order valence-electron chi connectivity index (χ4n) is 2.36. The van der Waals surface area contributed by atoms with E-state index >= 15 is 0 Å². The maximum Gasteiger partial charge on any atom is 0.0953 e. The number of nitrogens with one attached hydrogen (secondary N) is 1. The molecule has 0 aliphatic heterocycles. The van der Waals surface area contributed by atoms with Crippen molar-refractivity contribution in [2.75, 3.05) is 13.1 Å². The molecule has 2 nitrogen and oxygen atoms in total. The van der Waals surface area contributed by atoms with Crippen molar-refractivity contribution in [3.05, 3.63) is 34.9 Å². The lowest BCUT2D eigenvalue weighted by Crippen LogP contribution is -2.27. The molecule has 2 unspecified atom stereocenters. The van der Waals surface area contributed by atoms with Gasteiger partial charge < -0.3 is 10.1 Å². The average molecular weight is 298 g/mol. The second-order valence-electron chi connectivity index (χ2n) is 5.82. The van der Waals surface area contributed by atoms with E-state index in [4.69, 9.17) is 16.3 Å². The Kier molecular flexibility index (Phi) is 8.20. The zero-order valence-corrected chi connectivity index (χ0v) is 13.9. The maximum absolute atomic E-state index is 6.23. The van der Waals surface area contributed by atoms with Crippen LogP contribution in [0.3, 0.4) is 0 Å². The minimum atomic E-state index is 0.0639. The van der Waals surface area contributed by atoms with Crippen LogP contribution >= 0.6 is 11.6 Å². The lowest BCUT2D eigenvalue weighted by Gasteiger charge is -2.24. The van der Waals surface area contributed by atoms with Crippen LogP contribution in [0, 0.1) is 5.92 Å². The Hall–Kier alpha value is -0.570. The first-order valence-corrected chi connectivity index (χ1v) is 8.02. The van der Waals surface area contributed by atoms with E-state index in [0.29, 0.717) is 5.92 Å². The molecule has 1 aromatic carbocycles. The first-order valence-electron chi connectivity index (χ1n) is 7.64. The molecule has 0 aliphatic rings. The summed E-state index contributed by atoms with van der Waals surface area (Å²) in [5.74, 6) is 0.647. The standard InChI is InChI=1S/C17H28ClNO/c1-5-9-19-12-17(20-14(4)10-13(2)3)15-7-6-8-16(18)11-15/h6-8,11,13-14,17,19H,5,9-10,12H2,1-4H3. The summed E-state index contributed by atoms with van der Waals surface area (Å²) >= 11 is 6.10. The molecule has 0 aliphatic carbocycles. The fourth-order valence-corrected chi connectivity index (χ4v) is 2.56. The minimum absolute atomic E-state index is 0.0639. The predicted octanol–water partition coefficient (Wildman–Crippen LogP) is 4.83. The summed E-state index contributed by atoms with van der Waals surface area (Å²) in [6, 6.07) is 7.98. The van der Waals surface area contributed by atoms with Crippen molar-refractivity contribution in [3.63, 3.8) is 0 Å². The molecule has 3 heteroatoms. The van der Waals surface area contributed by atoms with E-state index in [1.54, 1.807) is 0 Å². The minimum Gasteiger partial charge on any atom is -0.369 e. The van der Waals surface area contributed by atoms with E-state index in [9.17, 15) is 0 Å². The van der Waals surface area contributed by atoms with Crippen LogP contribution in [-0.2, 0) is 4.74 Å². The molecule has 1 aromatic rings. The Balaban J connectivity index is 2.69. The lowest BCUT2D eigenvalue weighted by molar-refractivity contribution is -0.0125. The highest BCUT2D eigenvalue weighted by molar-refractivity contribution is 6.30. The molecule has 0 bridgehead atoms. The molecule has 0 spiro atoms. The van der Waals surface area contributed by atoms with Crippen molar-refractivity contribution in [2.24, 2.45) is 5.92 Å². The molecule has 0 radical (unpaired) electrons. The monoisotopic (exact) mass is 297 g/mol. The summed E-state index contributed by atoms with van der Waals surface area (Å²) in [4.78, 5) is 0. The second-order valence-corrected chi connectivity index (χ2v) is 6.26. The van der Waals surface area contributed by atoms with Gasteiger partial charge in [-0.2, -0.15) is 0 Å². The van der Waals surface area contributed by atoms with Gasteiger partial charge in [0, 0.05) is 11.6 Å². The van der Waals surface area contributed by atoms with Gasteiger partial charge in [0.1, 0.15) is 0 Å². The van der Waals surface area contributed by atoms with E-state index in [-0.39, 0.29) is 12.2 Å². The normalized spacial score (nSPS) is 14.5. The third-order valence-electron chi connectivity index (χ3n) is 3.18. The van der Waals surface area contributed by atoms with Gasteiger partial charge >= 0.3 is 0 Å². The first kappa shape index (κ1) is 17.5. The van der Waals surface area contributed by atoms with E-state index in [0.717, 1.165) is 36.5 Å². The molecule has 0 amide bonds. The first-order chi connectivity index (χ1) is 9.52. The van der Waals surface area contributed by atoms with Crippen LogP contribution in [-0.4, -0.2) is 19.2 Å². The van der Waals surface area contributed by atoms with Crippen LogP contribution in [0.2, 0.25) is 5.02 Å². The molecule has 0 saturated carbocycles. The molecule has 0 fully saturated rings. The largest absolute Gasteiger partial charge is 0.369 e. The molecule has 114 valence electrons. The third-order valence-corrected chi connectivity index (χ3v) is 3.41. The van der Waals surface area contributed by atoms with Crippen molar-refractivity contribution in [2.45, 2.75) is 52.7 Å². The summed E-state index contributed by atoms with van der Waals surface area (Å²) in [5, 5.41) is 4.21. The predicted molar refractivity (Wildman–Crippen MR) is 87.4 cm³/mol. The quantitative estimate of drug-likeness (QED) is 0.659. The molecular formula is C17H28ClNO. The maximum atomic E-state index is 6.23. The lowest BCUT2D eigenvalue weighted by atomic mass is 10.1. The van der Waals surface area contributed by atoms with Gasteiger partial charge in [0.05, 0.1) is 12.2 Å². The Morgan fingerprint density at radius 3 is 2.60 bits per heavy atom. The summed E-state index contributed by atoms with van der Waals surface area (Å²) in [6.07, 6.45) is 2.52. The number of halogens is 1. The van der Waals surface area contributed by atoms with Crippen molar-refractivity contribution in [3.8, 4) is 0 Å². The Morgan fingerprint density at radius 2 is 2.00 bits per heavy atom. The van der Waals surface area contributed by atoms with Crippen LogP contribution < -0.4 is 5.32 Å². The number of hydrogen-bond acceptors (Lipinski definition) is 2. The van der Waals surface area contributed by atoms with Crippen LogP contribution in [0.15, 0.2) is 24.3 Å². The van der Waals surface area contributed by atoms with Gasteiger partial charge in [-0.3, -0.25) is 0 Å². The highest BCUT2D eigenvalue weighted by atomic mass is 35.5. The van der Waals surface area contributed by atoms with E-state index in [2.05, 4.69) is 39.1 Å². The zero-order chi connectivity index (χ0) is 15.0. The molecule has 0 heterocycles. The molecule has 2 atom stereocenters. The fraction of sp³-hybridized carbons (Fsp3) is 0.647. The summed E-state index contributed by atoms with van der Waals surface area (Å²) in [7, 11) is 0. The van der Waals surface area contributed by atoms with Crippen molar-refractivity contribution >= 4 is 11.6 Å². The van der Waals surface area contributed by atoms with Crippen molar-refractivity contribution in [1.29, 1.82) is 0 Å². The number of rotatable bonds is 9. The van der Waals surface area contributed by atoms with Crippen molar-refractivity contribution < 1.29 is 4.74 Å². The van der Waals surface area contributed by atoms with E-state index in [1.807, 2.05) is 18.2 Å². The molecule has 1 rings (SSSR count). The Bertz CT molecular complexity index is 381. The summed E-state index contributed by atoms with van der Waals surface area (Å²) in [5.41, 5.74) is 1.15. The number of benzene rings is 1. The molecule has 0 saturated heterocycles. The number of ether oxygens (including phenoxy) is 1. The van der Waals surface area contributed by atoms with Gasteiger partial charge in [0.15, 0.2) is 0 Å². The third kappa shape index (κ3) is 6.74. The summed E-state index contributed by atoms with van der Waals surface area (Å²) in [6.45, 7) is 10.6. The van der Waals surface area contributed by atoms with Crippen molar-refractivity contribution in [1.82, 2.24) is 5.32 Å². The van der Waals surface area contributed by atoms with Crippen LogP contribution in [0.5, 0.6) is 0 Å². The van der Waals surface area contributed by atoms with Gasteiger partial charge in [0.2, 0.25) is 0 Å². The van der Waals surface area contributed by atoms with E-state index in [1.165, 1.54) is 0 Å². The van der Waals surface area contributed by atoms with Crippen LogP contribution in [0.4, 0.5) is 0 Å². The summed E-state index contributed by atoms with van der Waals surface area (Å²) < 4.78 is 6.23. The van der Waals surface area contributed by atoms with Crippen LogP contribution in [0.1, 0.15) is 52.2 Å². The van der Waals surface area contributed by atoms with Gasteiger partial charge in [-0.15, -0.1) is 0 Å². The molecule has 1 N–H and O–H groups in total. The zero-order valence-electron chi connectivity index (χ0n) is 13.2. The SMILES string of the molecule is CCCNCC(OC(C)CC(C)C)c1cccc(Cl)c1. The highest BCUT2D eigenvalue weighted by Gasteiger charge is 2.16.